The molecule has 4 rings (SSSR count). The highest BCUT2D eigenvalue weighted by Gasteiger charge is 2.50. The van der Waals surface area contributed by atoms with Crippen molar-refractivity contribution in [2.45, 2.75) is 36.8 Å². The zero-order valence-corrected chi connectivity index (χ0v) is 16.8. The Labute approximate surface area is 166 Å². The number of carbonyl (C=O) groups excluding carboxylic acids is 1. The van der Waals surface area contributed by atoms with E-state index in [1.54, 1.807) is 24.3 Å². The number of hydrogen-bond donors (Lipinski definition) is 1. The van der Waals surface area contributed by atoms with E-state index in [1.165, 1.54) is 5.56 Å². The predicted octanol–water partition coefficient (Wildman–Crippen LogP) is 3.39. The van der Waals surface area contributed by atoms with Crippen LogP contribution in [0.25, 0.3) is 0 Å². The van der Waals surface area contributed by atoms with Crippen molar-refractivity contribution in [3.63, 3.8) is 0 Å². The van der Waals surface area contributed by atoms with Crippen molar-refractivity contribution in [2.75, 3.05) is 32.6 Å². The van der Waals surface area contributed by atoms with E-state index in [-0.39, 0.29) is 17.1 Å². The normalized spacial score (nSPS) is 27.3. The van der Waals surface area contributed by atoms with Crippen LogP contribution in [-0.2, 0) is 5.54 Å². The van der Waals surface area contributed by atoms with E-state index < -0.39 is 0 Å². The van der Waals surface area contributed by atoms with Crippen molar-refractivity contribution >= 4 is 11.7 Å². The van der Waals surface area contributed by atoms with Gasteiger partial charge in [0.05, 0.1) is 31.1 Å². The molecule has 1 aliphatic heterocycles. The molecule has 28 heavy (non-hydrogen) atoms. The van der Waals surface area contributed by atoms with Gasteiger partial charge < -0.3 is 10.1 Å². The molecule has 6 nitrogen and oxygen atoms in total. The van der Waals surface area contributed by atoms with Gasteiger partial charge in [-0.15, -0.1) is 0 Å². The number of nitrogens with zero attached hydrogens (tertiary/aromatic N) is 3. The van der Waals surface area contributed by atoms with Crippen LogP contribution in [0.2, 0.25) is 0 Å². The highest BCUT2D eigenvalue weighted by Crippen LogP contribution is 2.46. The number of hydrogen-bond acceptors (Lipinski definition) is 4. The third kappa shape index (κ3) is 3.11. The second kappa shape index (κ2) is 7.09. The molecule has 2 amide bonds. The molecule has 148 valence electrons. The summed E-state index contributed by atoms with van der Waals surface area (Å²) < 4.78 is 5.12. The van der Waals surface area contributed by atoms with Crippen molar-refractivity contribution in [3.8, 4) is 5.88 Å². The standard InChI is InChI=1S/C22H28N4O2/c1-25(2)22(17-7-5-4-6-8-17)13-11-21(12-14-22)16-26(20(27)24-21)18-9-10-19(28-3)23-15-18/h4-10,15H,11-14,16H2,1-3H3,(H,24,27). The molecular formula is C22H28N4O2. The quantitative estimate of drug-likeness (QED) is 0.883. The Kier molecular flexibility index (Phi) is 4.75. The molecule has 1 aromatic heterocycles. The van der Waals surface area contributed by atoms with Gasteiger partial charge in [-0.2, -0.15) is 0 Å². The van der Waals surface area contributed by atoms with Gasteiger partial charge in [0.15, 0.2) is 0 Å². The lowest BCUT2D eigenvalue weighted by Crippen LogP contribution is -2.54. The topological polar surface area (TPSA) is 57.7 Å². The summed E-state index contributed by atoms with van der Waals surface area (Å²) in [4.78, 5) is 21.1. The fraction of sp³-hybridized carbons (Fsp3) is 0.455. The van der Waals surface area contributed by atoms with Gasteiger partial charge in [0.2, 0.25) is 5.88 Å². The molecule has 1 N–H and O–H groups in total. The minimum Gasteiger partial charge on any atom is -0.481 e. The van der Waals surface area contributed by atoms with E-state index in [1.807, 2.05) is 6.07 Å². The molecule has 1 aromatic carbocycles. The van der Waals surface area contributed by atoms with E-state index in [9.17, 15) is 4.79 Å². The van der Waals surface area contributed by atoms with Gasteiger partial charge in [-0.1, -0.05) is 30.3 Å². The molecule has 0 radical (unpaired) electrons. The number of aromatic nitrogens is 1. The summed E-state index contributed by atoms with van der Waals surface area (Å²) in [5.74, 6) is 0.550. The number of carbonyl (C=O) groups is 1. The molecule has 0 unspecified atom stereocenters. The second-order valence-electron chi connectivity index (χ2n) is 8.15. The fourth-order valence-corrected chi connectivity index (χ4v) is 4.74. The lowest BCUT2D eigenvalue weighted by atomic mass is 9.69. The predicted molar refractivity (Wildman–Crippen MR) is 110 cm³/mol. The van der Waals surface area contributed by atoms with E-state index in [0.29, 0.717) is 12.4 Å². The second-order valence-corrected chi connectivity index (χ2v) is 8.15. The van der Waals surface area contributed by atoms with Gasteiger partial charge in [0.1, 0.15) is 0 Å². The van der Waals surface area contributed by atoms with Gasteiger partial charge in [-0.3, -0.25) is 9.80 Å². The van der Waals surface area contributed by atoms with E-state index in [2.05, 4.69) is 59.6 Å². The zero-order chi connectivity index (χ0) is 19.8. The summed E-state index contributed by atoms with van der Waals surface area (Å²) in [5.41, 5.74) is 2.01. The Hall–Kier alpha value is -2.60. The first-order chi connectivity index (χ1) is 13.5. The molecule has 2 aliphatic rings. The number of benzene rings is 1. The molecular weight excluding hydrogens is 352 g/mol. The Morgan fingerprint density at radius 1 is 1.07 bits per heavy atom. The van der Waals surface area contributed by atoms with Crippen molar-refractivity contribution in [1.29, 1.82) is 0 Å². The first kappa shape index (κ1) is 18.7. The Morgan fingerprint density at radius 3 is 2.36 bits per heavy atom. The zero-order valence-electron chi connectivity index (χ0n) is 16.8. The number of anilines is 1. The fourth-order valence-electron chi connectivity index (χ4n) is 4.74. The number of methoxy groups -OCH3 is 1. The average molecular weight is 380 g/mol. The highest BCUT2D eigenvalue weighted by atomic mass is 16.5. The van der Waals surface area contributed by atoms with Crippen LogP contribution in [0.4, 0.5) is 10.5 Å². The molecule has 0 bridgehead atoms. The van der Waals surface area contributed by atoms with Crippen LogP contribution >= 0.6 is 0 Å². The summed E-state index contributed by atoms with van der Waals surface area (Å²) in [5, 5.41) is 3.28. The van der Waals surface area contributed by atoms with Crippen molar-refractivity contribution < 1.29 is 9.53 Å². The van der Waals surface area contributed by atoms with Crippen molar-refractivity contribution in [3.05, 3.63) is 54.2 Å². The number of amides is 2. The Morgan fingerprint density at radius 2 is 1.79 bits per heavy atom. The van der Waals surface area contributed by atoms with Crippen LogP contribution in [-0.4, -0.2) is 49.2 Å². The van der Waals surface area contributed by atoms with Crippen LogP contribution < -0.4 is 15.0 Å². The number of rotatable bonds is 4. The molecule has 0 atom stereocenters. The monoisotopic (exact) mass is 380 g/mol. The summed E-state index contributed by atoms with van der Waals surface area (Å²) in [7, 11) is 5.91. The highest BCUT2D eigenvalue weighted by molar-refractivity contribution is 5.95. The van der Waals surface area contributed by atoms with Crippen molar-refractivity contribution in [1.82, 2.24) is 15.2 Å². The Bertz CT molecular complexity index is 827. The van der Waals surface area contributed by atoms with Crippen LogP contribution in [0.3, 0.4) is 0 Å². The van der Waals surface area contributed by atoms with Gasteiger partial charge in [0.25, 0.3) is 0 Å². The van der Waals surface area contributed by atoms with Crippen LogP contribution in [0.15, 0.2) is 48.7 Å². The van der Waals surface area contributed by atoms with Gasteiger partial charge in [0, 0.05) is 11.6 Å². The minimum atomic E-state index is -0.175. The lowest BCUT2D eigenvalue weighted by Gasteiger charge is -2.48. The summed E-state index contributed by atoms with van der Waals surface area (Å²) >= 11 is 0. The van der Waals surface area contributed by atoms with E-state index >= 15 is 0 Å². The lowest BCUT2D eigenvalue weighted by molar-refractivity contribution is 0.0658. The molecule has 1 aliphatic carbocycles. The molecule has 2 aromatic rings. The van der Waals surface area contributed by atoms with Gasteiger partial charge >= 0.3 is 6.03 Å². The summed E-state index contributed by atoms with van der Waals surface area (Å²) in [6.07, 6.45) is 5.63. The van der Waals surface area contributed by atoms with Gasteiger partial charge in [-0.05, 0) is 51.4 Å². The third-order valence-electron chi connectivity index (χ3n) is 6.52. The molecule has 1 saturated carbocycles. The first-order valence-corrected chi connectivity index (χ1v) is 9.81. The maximum Gasteiger partial charge on any atom is 0.322 e. The van der Waals surface area contributed by atoms with Crippen LogP contribution in [0.5, 0.6) is 5.88 Å². The number of ether oxygens (including phenoxy) is 1. The van der Waals surface area contributed by atoms with Crippen LogP contribution in [0, 0.1) is 0 Å². The molecule has 2 heterocycles. The Balaban J connectivity index is 1.53. The molecule has 1 saturated heterocycles. The van der Waals surface area contributed by atoms with Crippen molar-refractivity contribution in [2.24, 2.45) is 0 Å². The number of urea groups is 1. The number of pyridine rings is 1. The summed E-state index contributed by atoms with van der Waals surface area (Å²) in [6, 6.07) is 14.4. The molecule has 6 heteroatoms. The molecule has 1 spiro atoms. The van der Waals surface area contributed by atoms with Gasteiger partial charge in [-0.25, -0.2) is 9.78 Å². The van der Waals surface area contributed by atoms with E-state index in [0.717, 1.165) is 31.4 Å². The smallest absolute Gasteiger partial charge is 0.322 e. The van der Waals surface area contributed by atoms with E-state index in [4.69, 9.17) is 4.74 Å². The first-order valence-electron chi connectivity index (χ1n) is 9.81. The van der Waals surface area contributed by atoms with Crippen LogP contribution in [0.1, 0.15) is 31.2 Å². The minimum absolute atomic E-state index is 0.0202. The largest absolute Gasteiger partial charge is 0.481 e. The average Bonchev–Trinajstić information content (AvgIpc) is 3.05. The molecule has 2 fully saturated rings. The summed E-state index contributed by atoms with van der Waals surface area (Å²) in [6.45, 7) is 0.679. The SMILES string of the molecule is COc1ccc(N2CC3(CCC(c4ccccc4)(N(C)C)CC3)NC2=O)cn1. The maximum atomic E-state index is 12.7. The third-order valence-corrected chi connectivity index (χ3v) is 6.52. The number of nitrogens with one attached hydrogen (secondary N) is 1. The maximum absolute atomic E-state index is 12.7.